The van der Waals surface area contributed by atoms with Gasteiger partial charge >= 0.3 is 0 Å². The second kappa shape index (κ2) is 9.42. The van der Waals surface area contributed by atoms with E-state index in [4.69, 9.17) is 19.9 Å². The molecule has 2 aromatic carbocycles. The Labute approximate surface area is 142 Å². The molecule has 0 amide bonds. The molecule has 0 atom stereocenters. The Hall–Kier alpha value is -2.73. The molecule has 0 aliphatic carbocycles. The minimum absolute atomic E-state index is 0.325. The molecule has 6 heteroatoms. The molecular weight excluding hydrogens is 306 g/mol. The van der Waals surface area contributed by atoms with E-state index in [9.17, 15) is 0 Å². The van der Waals surface area contributed by atoms with Gasteiger partial charge in [0.15, 0.2) is 17.5 Å². The van der Waals surface area contributed by atoms with Crippen LogP contribution in [0.1, 0.15) is 5.56 Å². The first-order chi connectivity index (χ1) is 11.7. The van der Waals surface area contributed by atoms with Gasteiger partial charge in [0.05, 0.1) is 34.0 Å². The van der Waals surface area contributed by atoms with E-state index in [1.54, 1.807) is 26.4 Å². The van der Waals surface area contributed by atoms with Gasteiger partial charge in [0.25, 0.3) is 0 Å². The van der Waals surface area contributed by atoms with E-state index >= 15 is 0 Å². The highest BCUT2D eigenvalue weighted by atomic mass is 16.5. The Morgan fingerprint density at radius 1 is 1.04 bits per heavy atom. The lowest BCUT2D eigenvalue weighted by Gasteiger charge is -2.11. The molecule has 0 spiro atoms. The summed E-state index contributed by atoms with van der Waals surface area (Å²) in [5.74, 6) is 1.61. The third kappa shape index (κ3) is 5.48. The van der Waals surface area contributed by atoms with Crippen LogP contribution >= 0.6 is 0 Å². The Kier molecular flexibility index (Phi) is 6.91. The predicted molar refractivity (Wildman–Crippen MR) is 95.8 cm³/mol. The monoisotopic (exact) mass is 329 g/mol. The van der Waals surface area contributed by atoms with Crippen LogP contribution in [0.4, 0.5) is 5.69 Å². The van der Waals surface area contributed by atoms with Crippen molar-refractivity contribution in [3.8, 4) is 11.5 Å². The minimum Gasteiger partial charge on any atom is -0.493 e. The standard InChI is InChI=1S/C18H23N3O3/c1-22-16-9-8-15(12-17(16)23-2)21-18(19)20-10-11-24-13-14-6-4-3-5-7-14/h3-9,12H,10-11,13H2,1-2H3,(H3,19,20,21). The fourth-order valence-corrected chi connectivity index (χ4v) is 2.10. The van der Waals surface area contributed by atoms with Gasteiger partial charge in [-0.25, -0.2) is 0 Å². The molecule has 0 radical (unpaired) electrons. The number of methoxy groups -OCH3 is 2. The zero-order valence-corrected chi connectivity index (χ0v) is 14.0. The molecule has 6 nitrogen and oxygen atoms in total. The largest absolute Gasteiger partial charge is 0.493 e. The van der Waals surface area contributed by atoms with Gasteiger partial charge < -0.3 is 25.3 Å². The maximum absolute atomic E-state index is 5.87. The van der Waals surface area contributed by atoms with Gasteiger partial charge in [-0.15, -0.1) is 0 Å². The number of benzene rings is 2. The van der Waals surface area contributed by atoms with Crippen molar-refractivity contribution in [3.05, 3.63) is 54.1 Å². The smallest absolute Gasteiger partial charge is 0.193 e. The van der Waals surface area contributed by atoms with Crippen molar-refractivity contribution in [2.24, 2.45) is 10.7 Å². The van der Waals surface area contributed by atoms with Crippen molar-refractivity contribution in [2.45, 2.75) is 6.61 Å². The summed E-state index contributed by atoms with van der Waals surface area (Å²) in [5, 5.41) is 3.01. The first-order valence-electron chi connectivity index (χ1n) is 7.63. The Morgan fingerprint density at radius 2 is 1.79 bits per heavy atom. The van der Waals surface area contributed by atoms with Gasteiger partial charge in [-0.1, -0.05) is 30.3 Å². The van der Waals surface area contributed by atoms with Gasteiger partial charge in [-0.2, -0.15) is 0 Å². The van der Waals surface area contributed by atoms with Crippen LogP contribution in [0.5, 0.6) is 11.5 Å². The average molecular weight is 329 g/mol. The first-order valence-corrected chi connectivity index (χ1v) is 7.63. The summed E-state index contributed by atoms with van der Waals surface area (Å²) in [6, 6.07) is 15.4. The van der Waals surface area contributed by atoms with Gasteiger partial charge in [-0.05, 0) is 17.7 Å². The van der Waals surface area contributed by atoms with E-state index in [0.717, 1.165) is 11.3 Å². The number of rotatable bonds is 8. The fraction of sp³-hybridized carbons (Fsp3) is 0.278. The number of ether oxygens (including phenoxy) is 3. The zero-order chi connectivity index (χ0) is 17.2. The van der Waals surface area contributed by atoms with Crippen LogP contribution in [0.15, 0.2) is 53.5 Å². The van der Waals surface area contributed by atoms with Crippen molar-refractivity contribution in [3.63, 3.8) is 0 Å². The minimum atomic E-state index is 0.325. The number of hydrogen-bond donors (Lipinski definition) is 2. The second-order valence-corrected chi connectivity index (χ2v) is 5.00. The Bertz CT molecular complexity index is 660. The summed E-state index contributed by atoms with van der Waals surface area (Å²) in [6.07, 6.45) is 0. The first kappa shape index (κ1) is 17.6. The molecule has 0 heterocycles. The van der Waals surface area contributed by atoms with E-state index in [1.807, 2.05) is 36.4 Å². The van der Waals surface area contributed by atoms with Crippen molar-refractivity contribution in [1.29, 1.82) is 0 Å². The lowest BCUT2D eigenvalue weighted by atomic mass is 10.2. The summed E-state index contributed by atoms with van der Waals surface area (Å²) in [6.45, 7) is 1.56. The maximum Gasteiger partial charge on any atom is 0.193 e. The van der Waals surface area contributed by atoms with Gasteiger partial charge in [0, 0.05) is 11.8 Å². The molecule has 0 unspecified atom stereocenters. The summed E-state index contributed by atoms with van der Waals surface area (Å²) in [4.78, 5) is 4.23. The predicted octanol–water partition coefficient (Wildman–Crippen LogP) is 2.65. The number of anilines is 1. The average Bonchev–Trinajstić information content (AvgIpc) is 2.62. The molecule has 3 N–H and O–H groups in total. The highest BCUT2D eigenvalue weighted by Crippen LogP contribution is 2.29. The third-order valence-corrected chi connectivity index (χ3v) is 3.29. The van der Waals surface area contributed by atoms with E-state index in [2.05, 4.69) is 10.3 Å². The SMILES string of the molecule is COc1ccc(NC(N)=NCCOCc2ccccc2)cc1OC. The molecule has 0 bridgehead atoms. The molecule has 0 aliphatic heterocycles. The lowest BCUT2D eigenvalue weighted by Crippen LogP contribution is -2.23. The Morgan fingerprint density at radius 3 is 2.50 bits per heavy atom. The number of nitrogens with one attached hydrogen (secondary N) is 1. The molecule has 0 aliphatic rings. The molecule has 128 valence electrons. The third-order valence-electron chi connectivity index (χ3n) is 3.29. The van der Waals surface area contributed by atoms with Crippen molar-refractivity contribution >= 4 is 11.6 Å². The van der Waals surface area contributed by atoms with Crippen molar-refractivity contribution in [1.82, 2.24) is 0 Å². The second-order valence-electron chi connectivity index (χ2n) is 5.00. The topological polar surface area (TPSA) is 78.1 Å². The number of nitrogens with two attached hydrogens (primary N) is 1. The van der Waals surface area contributed by atoms with Crippen molar-refractivity contribution < 1.29 is 14.2 Å². The zero-order valence-electron chi connectivity index (χ0n) is 14.0. The van der Waals surface area contributed by atoms with Crippen LogP contribution in [-0.2, 0) is 11.3 Å². The maximum atomic E-state index is 5.87. The molecular formula is C18H23N3O3. The van der Waals surface area contributed by atoms with Crippen molar-refractivity contribution in [2.75, 3.05) is 32.7 Å². The van der Waals surface area contributed by atoms with Crippen LogP contribution in [-0.4, -0.2) is 33.3 Å². The van der Waals surface area contributed by atoms with E-state index in [1.165, 1.54) is 0 Å². The molecule has 0 aromatic heterocycles. The molecule has 2 rings (SSSR count). The molecule has 0 saturated carbocycles. The van der Waals surface area contributed by atoms with Crippen LogP contribution in [0.2, 0.25) is 0 Å². The summed E-state index contributed by atoms with van der Waals surface area (Å²) in [5.41, 5.74) is 7.79. The van der Waals surface area contributed by atoms with Crippen LogP contribution < -0.4 is 20.5 Å². The summed E-state index contributed by atoms with van der Waals surface area (Å²) in [7, 11) is 3.18. The fourth-order valence-electron chi connectivity index (χ4n) is 2.10. The van der Waals surface area contributed by atoms with Crippen LogP contribution in [0.3, 0.4) is 0 Å². The highest BCUT2D eigenvalue weighted by molar-refractivity contribution is 5.92. The number of hydrogen-bond acceptors (Lipinski definition) is 4. The molecule has 0 fully saturated rings. The molecule has 2 aromatic rings. The number of guanidine groups is 1. The summed E-state index contributed by atoms with van der Waals surface area (Å²) >= 11 is 0. The van der Waals surface area contributed by atoms with Crippen LogP contribution in [0.25, 0.3) is 0 Å². The Balaban J connectivity index is 1.77. The molecule has 0 saturated heterocycles. The quantitative estimate of drug-likeness (QED) is 0.442. The number of aliphatic imine (C=N–C) groups is 1. The van der Waals surface area contributed by atoms with E-state index in [0.29, 0.717) is 37.2 Å². The van der Waals surface area contributed by atoms with Gasteiger partial charge in [-0.3, -0.25) is 4.99 Å². The van der Waals surface area contributed by atoms with E-state index in [-0.39, 0.29) is 0 Å². The highest BCUT2D eigenvalue weighted by Gasteiger charge is 2.04. The van der Waals surface area contributed by atoms with Crippen LogP contribution in [0, 0.1) is 0 Å². The van der Waals surface area contributed by atoms with Gasteiger partial charge in [0.2, 0.25) is 0 Å². The molecule has 24 heavy (non-hydrogen) atoms. The summed E-state index contributed by atoms with van der Waals surface area (Å²) < 4.78 is 16.0. The van der Waals surface area contributed by atoms with Gasteiger partial charge in [0.1, 0.15) is 0 Å². The number of nitrogens with zero attached hydrogens (tertiary/aromatic N) is 1. The lowest BCUT2D eigenvalue weighted by molar-refractivity contribution is 0.128. The normalized spacial score (nSPS) is 11.2. The van der Waals surface area contributed by atoms with E-state index < -0.39 is 0 Å².